The number of aromatic nitrogens is 1. The van der Waals surface area contributed by atoms with Gasteiger partial charge in [-0.1, -0.05) is 0 Å². The second-order valence-electron chi connectivity index (χ2n) is 5.03. The molecule has 1 aromatic rings. The number of nitrogen functional groups attached to an aromatic ring is 1. The zero-order chi connectivity index (χ0) is 15.5. The normalized spacial score (nSPS) is 14.8. The molecule has 2 rings (SSSR count). The number of nitrogens with zero attached hydrogens (tertiary/aromatic N) is 1. The van der Waals surface area contributed by atoms with Gasteiger partial charge in [0.25, 0.3) is 0 Å². The van der Waals surface area contributed by atoms with E-state index in [4.69, 9.17) is 5.73 Å². The summed E-state index contributed by atoms with van der Waals surface area (Å²) in [7, 11) is 0. The Morgan fingerprint density at radius 3 is 2.76 bits per heavy atom. The van der Waals surface area contributed by atoms with Crippen molar-refractivity contribution >= 4 is 17.3 Å². The van der Waals surface area contributed by atoms with Gasteiger partial charge < -0.3 is 16.4 Å². The van der Waals surface area contributed by atoms with Crippen molar-refractivity contribution in [1.29, 1.82) is 0 Å². The molecule has 0 spiro atoms. The molecule has 21 heavy (non-hydrogen) atoms. The lowest BCUT2D eigenvalue weighted by molar-refractivity contribution is -0.141. The molecule has 1 aromatic heterocycles. The molecule has 0 atom stereocenters. The minimum absolute atomic E-state index is 0.0296. The molecule has 0 saturated heterocycles. The standard InChI is InChI=1S/C13H17F3N4O/c14-13(15,16)11-6-10(9(17)7-19-11)18-5-1-2-12(21)20-8-3-4-8/h6-8H,1-5,17H2,(H,18,19)(H,20,21). The molecule has 1 saturated carbocycles. The Morgan fingerprint density at radius 1 is 1.43 bits per heavy atom. The summed E-state index contributed by atoms with van der Waals surface area (Å²) >= 11 is 0. The number of alkyl halides is 3. The number of carbonyl (C=O) groups is 1. The van der Waals surface area contributed by atoms with Crippen molar-refractivity contribution in [3.63, 3.8) is 0 Å². The molecule has 1 heterocycles. The molecular weight excluding hydrogens is 285 g/mol. The Morgan fingerprint density at radius 2 is 2.14 bits per heavy atom. The summed E-state index contributed by atoms with van der Waals surface area (Å²) < 4.78 is 37.6. The van der Waals surface area contributed by atoms with Gasteiger partial charge in [-0.15, -0.1) is 0 Å². The molecule has 116 valence electrons. The van der Waals surface area contributed by atoms with Crippen molar-refractivity contribution in [1.82, 2.24) is 10.3 Å². The molecule has 5 nitrogen and oxygen atoms in total. The summed E-state index contributed by atoms with van der Waals surface area (Å²) in [6, 6.07) is 1.19. The van der Waals surface area contributed by atoms with Gasteiger partial charge in [-0.05, 0) is 25.3 Å². The first-order valence-corrected chi connectivity index (χ1v) is 6.72. The van der Waals surface area contributed by atoms with Crippen LogP contribution in [-0.4, -0.2) is 23.5 Å². The second-order valence-corrected chi connectivity index (χ2v) is 5.03. The van der Waals surface area contributed by atoms with Crippen molar-refractivity contribution in [2.45, 2.75) is 37.9 Å². The smallest absolute Gasteiger partial charge is 0.396 e. The van der Waals surface area contributed by atoms with E-state index in [2.05, 4.69) is 15.6 Å². The van der Waals surface area contributed by atoms with E-state index in [0.717, 1.165) is 25.1 Å². The molecule has 1 aliphatic rings. The van der Waals surface area contributed by atoms with E-state index in [0.29, 0.717) is 25.4 Å². The van der Waals surface area contributed by atoms with Crippen LogP contribution in [0.5, 0.6) is 0 Å². The monoisotopic (exact) mass is 302 g/mol. The predicted octanol–water partition coefficient (Wildman–Crippen LogP) is 2.15. The summed E-state index contributed by atoms with van der Waals surface area (Å²) in [5.41, 5.74) is 4.91. The Bertz CT molecular complexity index is 515. The molecule has 0 aliphatic heterocycles. The lowest BCUT2D eigenvalue weighted by Crippen LogP contribution is -2.25. The zero-order valence-electron chi connectivity index (χ0n) is 11.3. The third-order valence-electron chi connectivity index (χ3n) is 3.06. The maximum Gasteiger partial charge on any atom is 0.433 e. The first-order chi connectivity index (χ1) is 9.86. The van der Waals surface area contributed by atoms with Crippen molar-refractivity contribution in [2.24, 2.45) is 0 Å². The number of hydrogen-bond acceptors (Lipinski definition) is 4. The second kappa shape index (κ2) is 6.19. The van der Waals surface area contributed by atoms with Crippen LogP contribution >= 0.6 is 0 Å². The Balaban J connectivity index is 1.80. The fraction of sp³-hybridized carbons (Fsp3) is 0.538. The van der Waals surface area contributed by atoms with E-state index in [1.54, 1.807) is 0 Å². The third kappa shape index (κ3) is 4.80. The Labute approximate surface area is 120 Å². The molecule has 4 N–H and O–H groups in total. The highest BCUT2D eigenvalue weighted by molar-refractivity contribution is 5.76. The van der Waals surface area contributed by atoms with Gasteiger partial charge in [0.2, 0.25) is 5.91 Å². The molecule has 0 aromatic carbocycles. The average Bonchev–Trinajstić information content (AvgIpc) is 3.19. The summed E-state index contributed by atoms with van der Waals surface area (Å²) in [5.74, 6) is -0.0296. The third-order valence-corrected chi connectivity index (χ3v) is 3.06. The predicted molar refractivity (Wildman–Crippen MR) is 72.5 cm³/mol. The van der Waals surface area contributed by atoms with Gasteiger partial charge >= 0.3 is 6.18 Å². The van der Waals surface area contributed by atoms with E-state index in [1.807, 2.05) is 0 Å². The van der Waals surface area contributed by atoms with E-state index < -0.39 is 11.9 Å². The van der Waals surface area contributed by atoms with E-state index >= 15 is 0 Å². The number of nitrogens with one attached hydrogen (secondary N) is 2. The number of rotatable bonds is 6. The van der Waals surface area contributed by atoms with Crippen LogP contribution in [0.1, 0.15) is 31.4 Å². The van der Waals surface area contributed by atoms with Crippen LogP contribution in [0.25, 0.3) is 0 Å². The topological polar surface area (TPSA) is 80.0 Å². The van der Waals surface area contributed by atoms with Crippen molar-refractivity contribution in [3.8, 4) is 0 Å². The highest BCUT2D eigenvalue weighted by atomic mass is 19.4. The van der Waals surface area contributed by atoms with Crippen molar-refractivity contribution < 1.29 is 18.0 Å². The van der Waals surface area contributed by atoms with Crippen molar-refractivity contribution in [2.75, 3.05) is 17.6 Å². The molecule has 0 bridgehead atoms. The molecular formula is C13H17F3N4O. The number of carbonyl (C=O) groups excluding carboxylic acids is 1. The minimum atomic E-state index is -4.51. The van der Waals surface area contributed by atoms with Crippen LogP contribution in [0, 0.1) is 0 Å². The number of halogens is 3. The first-order valence-electron chi connectivity index (χ1n) is 6.72. The largest absolute Gasteiger partial charge is 0.433 e. The van der Waals surface area contributed by atoms with Gasteiger partial charge in [-0.2, -0.15) is 13.2 Å². The number of anilines is 2. The minimum Gasteiger partial charge on any atom is -0.396 e. The van der Waals surface area contributed by atoms with Gasteiger partial charge in [0.1, 0.15) is 5.69 Å². The summed E-state index contributed by atoms with van der Waals surface area (Å²) in [5, 5.41) is 5.65. The molecule has 1 fully saturated rings. The maximum absolute atomic E-state index is 12.5. The van der Waals surface area contributed by atoms with Gasteiger partial charge in [0.05, 0.1) is 17.6 Å². The van der Waals surface area contributed by atoms with Crippen LogP contribution in [0.15, 0.2) is 12.3 Å². The zero-order valence-corrected chi connectivity index (χ0v) is 11.3. The van der Waals surface area contributed by atoms with Gasteiger partial charge in [-0.25, -0.2) is 4.98 Å². The molecule has 1 aliphatic carbocycles. The number of pyridine rings is 1. The van der Waals surface area contributed by atoms with Crippen LogP contribution in [0.2, 0.25) is 0 Å². The quantitative estimate of drug-likeness (QED) is 0.703. The Hall–Kier alpha value is -1.99. The molecule has 0 unspecified atom stereocenters. The Kier molecular flexibility index (Phi) is 4.54. The maximum atomic E-state index is 12.5. The number of amides is 1. The lowest BCUT2D eigenvalue weighted by atomic mass is 10.2. The van der Waals surface area contributed by atoms with Crippen molar-refractivity contribution in [3.05, 3.63) is 18.0 Å². The first kappa shape index (κ1) is 15.4. The summed E-state index contributed by atoms with van der Waals surface area (Å²) in [4.78, 5) is 14.7. The summed E-state index contributed by atoms with van der Waals surface area (Å²) in [6.07, 6.45) is -0.628. The SMILES string of the molecule is Nc1cnc(C(F)(F)F)cc1NCCCC(=O)NC1CC1. The van der Waals surface area contributed by atoms with Crippen LogP contribution < -0.4 is 16.4 Å². The van der Waals surface area contributed by atoms with Crippen LogP contribution in [-0.2, 0) is 11.0 Å². The molecule has 8 heteroatoms. The highest BCUT2D eigenvalue weighted by Gasteiger charge is 2.32. The van der Waals surface area contributed by atoms with E-state index in [-0.39, 0.29) is 17.3 Å². The molecule has 0 radical (unpaired) electrons. The van der Waals surface area contributed by atoms with Gasteiger partial charge in [-0.3, -0.25) is 4.79 Å². The molecule has 1 amide bonds. The van der Waals surface area contributed by atoms with Crippen LogP contribution in [0.3, 0.4) is 0 Å². The number of nitrogens with two attached hydrogens (primary N) is 1. The highest BCUT2D eigenvalue weighted by Crippen LogP contribution is 2.31. The fourth-order valence-electron chi connectivity index (χ4n) is 1.77. The number of hydrogen-bond donors (Lipinski definition) is 3. The van der Waals surface area contributed by atoms with E-state index in [1.165, 1.54) is 0 Å². The van der Waals surface area contributed by atoms with E-state index in [9.17, 15) is 18.0 Å². The average molecular weight is 302 g/mol. The lowest BCUT2D eigenvalue weighted by Gasteiger charge is -2.12. The van der Waals surface area contributed by atoms with Gasteiger partial charge in [0.15, 0.2) is 0 Å². The summed E-state index contributed by atoms with van der Waals surface area (Å²) in [6.45, 7) is 0.365. The fourth-order valence-corrected chi connectivity index (χ4v) is 1.77. The van der Waals surface area contributed by atoms with Gasteiger partial charge in [0, 0.05) is 19.0 Å². The van der Waals surface area contributed by atoms with Crippen LogP contribution in [0.4, 0.5) is 24.5 Å².